The minimum atomic E-state index is -0.942. The number of esters is 1. The number of anilines is 2. The Kier molecular flexibility index (Phi) is 5.12. The van der Waals surface area contributed by atoms with Crippen LogP contribution in [0.25, 0.3) is 0 Å². The topological polar surface area (TPSA) is 134 Å². The van der Waals surface area contributed by atoms with Crippen molar-refractivity contribution < 1.29 is 24.1 Å². The van der Waals surface area contributed by atoms with Crippen molar-refractivity contribution in [3.63, 3.8) is 0 Å². The molecule has 1 N–H and O–H groups in total. The number of carbonyl (C=O) groups is 1. The first-order valence-electron chi connectivity index (χ1n) is 6.83. The number of nitrogens with one attached hydrogen (secondary N) is 1. The zero-order valence-electron chi connectivity index (χ0n) is 13.2. The van der Waals surface area contributed by atoms with E-state index in [9.17, 15) is 25.0 Å². The third-order valence-electron chi connectivity index (χ3n) is 3.27. The average Bonchev–Trinajstić information content (AvgIpc) is 2.61. The maximum Gasteiger partial charge on any atom is 0.340 e. The molecule has 2 aromatic carbocycles. The molecule has 0 fully saturated rings. The molecule has 0 radical (unpaired) electrons. The van der Waals surface area contributed by atoms with Crippen LogP contribution in [0.1, 0.15) is 10.4 Å². The molecular weight excluding hydrogens is 334 g/mol. The molecule has 0 saturated heterocycles. The van der Waals surface area contributed by atoms with Crippen LogP contribution in [-0.4, -0.2) is 30.0 Å². The Morgan fingerprint density at radius 3 is 2.16 bits per heavy atom. The molecule has 0 unspecified atom stereocenters. The molecule has 0 aliphatic carbocycles. The molecule has 0 atom stereocenters. The van der Waals surface area contributed by atoms with Gasteiger partial charge in [0.15, 0.2) is 0 Å². The molecular formula is C15H13N3O7. The number of ether oxygens (including phenoxy) is 2. The normalized spacial score (nSPS) is 10.0. The van der Waals surface area contributed by atoms with Crippen LogP contribution >= 0.6 is 0 Å². The van der Waals surface area contributed by atoms with Crippen molar-refractivity contribution in [1.82, 2.24) is 0 Å². The number of hydrogen-bond acceptors (Lipinski definition) is 8. The summed E-state index contributed by atoms with van der Waals surface area (Å²) in [5, 5.41) is 25.0. The van der Waals surface area contributed by atoms with E-state index in [2.05, 4.69) is 10.1 Å². The predicted octanol–water partition coefficient (Wildman–Crippen LogP) is 3.04. The number of nitrogens with zero attached hydrogens (tertiary/aromatic N) is 2. The van der Waals surface area contributed by atoms with Crippen molar-refractivity contribution in [1.29, 1.82) is 0 Å². The lowest BCUT2D eigenvalue weighted by Crippen LogP contribution is -2.09. The Balaban J connectivity index is 2.61. The highest BCUT2D eigenvalue weighted by atomic mass is 16.6. The van der Waals surface area contributed by atoms with Crippen LogP contribution in [0.3, 0.4) is 0 Å². The summed E-state index contributed by atoms with van der Waals surface area (Å²) in [6.45, 7) is 0. The molecule has 0 aliphatic heterocycles. The van der Waals surface area contributed by atoms with Gasteiger partial charge >= 0.3 is 5.97 Å². The van der Waals surface area contributed by atoms with Crippen molar-refractivity contribution in [2.24, 2.45) is 0 Å². The van der Waals surface area contributed by atoms with Gasteiger partial charge < -0.3 is 14.8 Å². The Bertz CT molecular complexity index is 834. The number of nitro benzene ring substituents is 2. The summed E-state index contributed by atoms with van der Waals surface area (Å²) in [5.74, 6) is -0.375. The SMILES string of the molecule is COC(=O)c1cc([N+](=O)[O-])cc([N+](=O)[O-])c1Nc1ccc(OC)cc1. The summed E-state index contributed by atoms with van der Waals surface area (Å²) in [6, 6.07) is 8.06. The Morgan fingerprint density at radius 1 is 1.04 bits per heavy atom. The smallest absolute Gasteiger partial charge is 0.340 e. The third kappa shape index (κ3) is 3.80. The maximum absolute atomic E-state index is 11.9. The Morgan fingerprint density at radius 2 is 1.68 bits per heavy atom. The predicted molar refractivity (Wildman–Crippen MR) is 87.4 cm³/mol. The number of rotatable bonds is 6. The number of benzene rings is 2. The minimum Gasteiger partial charge on any atom is -0.497 e. The number of non-ortho nitro benzene ring substituents is 1. The molecule has 2 aromatic rings. The maximum atomic E-state index is 11.9. The first-order valence-corrected chi connectivity index (χ1v) is 6.83. The second-order valence-corrected chi connectivity index (χ2v) is 4.75. The molecule has 2 rings (SSSR count). The number of nitro groups is 2. The van der Waals surface area contributed by atoms with Crippen LogP contribution in [0, 0.1) is 20.2 Å². The second-order valence-electron chi connectivity index (χ2n) is 4.75. The first-order chi connectivity index (χ1) is 11.9. The Labute approximate surface area is 141 Å². The number of hydrogen-bond donors (Lipinski definition) is 1. The molecule has 130 valence electrons. The lowest BCUT2D eigenvalue weighted by molar-refractivity contribution is -0.393. The molecule has 0 aromatic heterocycles. The first kappa shape index (κ1) is 17.7. The van der Waals surface area contributed by atoms with Crippen molar-refractivity contribution in [2.75, 3.05) is 19.5 Å². The van der Waals surface area contributed by atoms with Gasteiger partial charge in [-0.25, -0.2) is 4.79 Å². The molecule has 0 spiro atoms. The van der Waals surface area contributed by atoms with Gasteiger partial charge in [0.05, 0.1) is 35.7 Å². The van der Waals surface area contributed by atoms with Crippen LogP contribution < -0.4 is 10.1 Å². The molecule has 0 amide bonds. The van der Waals surface area contributed by atoms with E-state index in [0.717, 1.165) is 19.2 Å². The van der Waals surface area contributed by atoms with E-state index in [1.165, 1.54) is 7.11 Å². The number of carbonyl (C=O) groups excluding carboxylic acids is 1. The quantitative estimate of drug-likeness (QED) is 0.478. The molecule has 0 heterocycles. The van der Waals surface area contributed by atoms with Crippen molar-refractivity contribution in [2.45, 2.75) is 0 Å². The van der Waals surface area contributed by atoms with Crippen LogP contribution in [0.5, 0.6) is 5.75 Å². The van der Waals surface area contributed by atoms with Crippen molar-refractivity contribution in [3.05, 3.63) is 62.2 Å². The highest BCUT2D eigenvalue weighted by Gasteiger charge is 2.28. The van der Waals surface area contributed by atoms with Gasteiger partial charge in [0.1, 0.15) is 11.4 Å². The monoisotopic (exact) mass is 347 g/mol. The second kappa shape index (κ2) is 7.25. The van der Waals surface area contributed by atoms with Gasteiger partial charge in [-0.05, 0) is 24.3 Å². The fraction of sp³-hybridized carbons (Fsp3) is 0.133. The van der Waals surface area contributed by atoms with Crippen LogP contribution in [0.4, 0.5) is 22.7 Å². The van der Waals surface area contributed by atoms with Crippen LogP contribution in [0.15, 0.2) is 36.4 Å². The van der Waals surface area contributed by atoms with Gasteiger partial charge in [-0.2, -0.15) is 0 Å². The zero-order chi connectivity index (χ0) is 18.6. The highest BCUT2D eigenvalue weighted by molar-refractivity contribution is 6.00. The van der Waals surface area contributed by atoms with E-state index in [4.69, 9.17) is 4.74 Å². The van der Waals surface area contributed by atoms with Gasteiger partial charge in [-0.3, -0.25) is 20.2 Å². The van der Waals surface area contributed by atoms with Gasteiger partial charge in [0, 0.05) is 11.8 Å². The van der Waals surface area contributed by atoms with Gasteiger partial charge in [-0.15, -0.1) is 0 Å². The molecule has 0 bridgehead atoms. The van der Waals surface area contributed by atoms with Gasteiger partial charge in [0.2, 0.25) is 0 Å². The van der Waals surface area contributed by atoms with Crippen LogP contribution in [-0.2, 0) is 4.74 Å². The minimum absolute atomic E-state index is 0.201. The van der Waals surface area contributed by atoms with Crippen LogP contribution in [0.2, 0.25) is 0 Å². The standard InChI is InChI=1S/C15H13N3O7/c1-24-11-5-3-9(4-6-11)16-14-12(15(19)25-2)7-10(17(20)21)8-13(14)18(22)23/h3-8,16H,1-2H3. The summed E-state index contributed by atoms with van der Waals surface area (Å²) < 4.78 is 9.59. The lowest BCUT2D eigenvalue weighted by Gasteiger charge is -2.12. The fourth-order valence-electron chi connectivity index (χ4n) is 2.08. The van der Waals surface area contributed by atoms with E-state index in [1.807, 2.05) is 0 Å². The molecule has 10 heteroatoms. The molecule has 10 nitrogen and oxygen atoms in total. The zero-order valence-corrected chi connectivity index (χ0v) is 13.2. The van der Waals surface area contributed by atoms with Gasteiger partial charge in [-0.1, -0.05) is 0 Å². The van der Waals surface area contributed by atoms with Crippen molar-refractivity contribution in [3.8, 4) is 5.75 Å². The highest BCUT2D eigenvalue weighted by Crippen LogP contribution is 2.36. The van der Waals surface area contributed by atoms with E-state index >= 15 is 0 Å². The van der Waals surface area contributed by atoms with E-state index in [0.29, 0.717) is 11.4 Å². The number of methoxy groups -OCH3 is 2. The summed E-state index contributed by atoms with van der Waals surface area (Å²) in [4.78, 5) is 32.6. The largest absolute Gasteiger partial charge is 0.497 e. The van der Waals surface area contributed by atoms with Gasteiger partial charge in [0.25, 0.3) is 11.4 Å². The van der Waals surface area contributed by atoms with E-state index in [-0.39, 0.29) is 11.3 Å². The van der Waals surface area contributed by atoms with E-state index in [1.54, 1.807) is 24.3 Å². The Hall–Kier alpha value is -3.69. The molecule has 25 heavy (non-hydrogen) atoms. The molecule has 0 aliphatic rings. The summed E-state index contributed by atoms with van der Waals surface area (Å²) in [6.07, 6.45) is 0. The van der Waals surface area contributed by atoms with Crippen molar-refractivity contribution >= 4 is 28.7 Å². The van der Waals surface area contributed by atoms with E-state index < -0.39 is 27.2 Å². The summed E-state index contributed by atoms with van der Waals surface area (Å²) in [5.41, 5.74) is -1.31. The summed E-state index contributed by atoms with van der Waals surface area (Å²) in [7, 11) is 2.56. The fourth-order valence-corrected chi connectivity index (χ4v) is 2.08. The lowest BCUT2D eigenvalue weighted by atomic mass is 10.1. The average molecular weight is 347 g/mol. The third-order valence-corrected chi connectivity index (χ3v) is 3.27. The molecule has 0 saturated carbocycles. The summed E-state index contributed by atoms with van der Waals surface area (Å²) >= 11 is 0.